The Balaban J connectivity index is 1.60. The molecule has 3 heterocycles. The number of nitrogens with one attached hydrogen (secondary N) is 1. The Kier molecular flexibility index (Phi) is 3.10. The molecule has 0 spiro atoms. The highest BCUT2D eigenvalue weighted by Crippen LogP contribution is 2.14. The van der Waals surface area contributed by atoms with Gasteiger partial charge < -0.3 is 9.73 Å². The number of aryl methyl sites for hydroxylation is 4. The fraction of sp³-hybridized carbons (Fsp3) is 0.615. The topological polar surface area (TPSA) is 68.8 Å². The van der Waals surface area contributed by atoms with Gasteiger partial charge in [0.1, 0.15) is 17.4 Å². The summed E-state index contributed by atoms with van der Waals surface area (Å²) in [6.45, 7) is 7.38. The molecule has 2 aromatic heterocycles. The van der Waals surface area contributed by atoms with Crippen LogP contribution in [0.5, 0.6) is 0 Å². The molecule has 1 aliphatic heterocycles. The van der Waals surface area contributed by atoms with Gasteiger partial charge >= 0.3 is 0 Å². The summed E-state index contributed by atoms with van der Waals surface area (Å²) in [6, 6.07) is 0.404. The van der Waals surface area contributed by atoms with E-state index in [-0.39, 0.29) is 0 Å². The third kappa shape index (κ3) is 2.53. The van der Waals surface area contributed by atoms with Crippen LogP contribution in [0.4, 0.5) is 0 Å². The van der Waals surface area contributed by atoms with Gasteiger partial charge in [0.2, 0.25) is 5.89 Å². The van der Waals surface area contributed by atoms with Crippen LogP contribution in [0.3, 0.4) is 0 Å². The van der Waals surface area contributed by atoms with E-state index in [1.165, 1.54) is 0 Å². The molecule has 102 valence electrons. The number of nitrogens with zero attached hydrogens (tertiary/aromatic N) is 4. The zero-order chi connectivity index (χ0) is 13.4. The van der Waals surface area contributed by atoms with Crippen molar-refractivity contribution in [2.45, 2.75) is 52.7 Å². The molecule has 0 saturated carbocycles. The quantitative estimate of drug-likeness (QED) is 0.901. The van der Waals surface area contributed by atoms with Gasteiger partial charge in [-0.2, -0.15) is 5.10 Å². The first kappa shape index (κ1) is 12.3. The average Bonchev–Trinajstić information content (AvgIpc) is 2.88. The molecule has 0 radical (unpaired) electrons. The van der Waals surface area contributed by atoms with Gasteiger partial charge in [-0.1, -0.05) is 0 Å². The van der Waals surface area contributed by atoms with Crippen LogP contribution in [-0.4, -0.2) is 25.8 Å². The van der Waals surface area contributed by atoms with Crippen LogP contribution in [0, 0.1) is 20.8 Å². The molecular formula is C13H19N5O. The first-order valence-electron chi connectivity index (χ1n) is 6.68. The second-order valence-electron chi connectivity index (χ2n) is 5.12. The highest BCUT2D eigenvalue weighted by atomic mass is 16.4. The van der Waals surface area contributed by atoms with Gasteiger partial charge in [0.15, 0.2) is 0 Å². The van der Waals surface area contributed by atoms with Crippen LogP contribution in [0.1, 0.15) is 35.4 Å². The normalized spacial score (nSPS) is 18.6. The van der Waals surface area contributed by atoms with Crippen molar-refractivity contribution < 1.29 is 4.42 Å². The molecule has 0 bridgehead atoms. The lowest BCUT2D eigenvalue weighted by molar-refractivity contribution is 0.339. The molecule has 0 fully saturated rings. The Labute approximate surface area is 112 Å². The number of hydrogen-bond acceptors (Lipinski definition) is 5. The molecule has 0 amide bonds. The zero-order valence-corrected chi connectivity index (χ0v) is 11.6. The fourth-order valence-corrected chi connectivity index (χ4v) is 2.45. The molecular weight excluding hydrogens is 242 g/mol. The lowest BCUT2D eigenvalue weighted by Crippen LogP contribution is -2.37. The van der Waals surface area contributed by atoms with Gasteiger partial charge in [-0.3, -0.25) is 0 Å². The first-order valence-corrected chi connectivity index (χ1v) is 6.68. The molecule has 0 aliphatic carbocycles. The van der Waals surface area contributed by atoms with E-state index in [0.717, 1.165) is 48.4 Å². The largest absolute Gasteiger partial charge is 0.444 e. The summed E-state index contributed by atoms with van der Waals surface area (Å²) in [6.07, 6.45) is 2.05. The number of aromatic nitrogens is 4. The molecule has 0 aromatic carbocycles. The van der Waals surface area contributed by atoms with Gasteiger partial charge in [-0.15, -0.1) is 0 Å². The summed E-state index contributed by atoms with van der Waals surface area (Å²) in [5.41, 5.74) is 0.967. The molecule has 3 rings (SSSR count). The number of hydrogen-bond donors (Lipinski definition) is 1. The third-order valence-corrected chi connectivity index (χ3v) is 3.58. The van der Waals surface area contributed by atoms with E-state index >= 15 is 0 Å². The van der Waals surface area contributed by atoms with E-state index in [4.69, 9.17) is 4.42 Å². The van der Waals surface area contributed by atoms with Crippen molar-refractivity contribution in [1.82, 2.24) is 25.1 Å². The van der Waals surface area contributed by atoms with Gasteiger partial charge in [0, 0.05) is 12.5 Å². The van der Waals surface area contributed by atoms with Gasteiger partial charge in [-0.05, 0) is 27.2 Å². The maximum absolute atomic E-state index is 5.57. The highest BCUT2D eigenvalue weighted by Gasteiger charge is 2.20. The third-order valence-electron chi connectivity index (χ3n) is 3.58. The lowest BCUT2D eigenvalue weighted by atomic mass is 10.1. The maximum Gasteiger partial charge on any atom is 0.208 e. The summed E-state index contributed by atoms with van der Waals surface area (Å²) >= 11 is 0. The molecule has 0 saturated heterocycles. The van der Waals surface area contributed by atoms with E-state index in [2.05, 4.69) is 20.4 Å². The molecule has 1 atom stereocenters. The average molecular weight is 261 g/mol. The molecule has 6 heteroatoms. The number of oxazole rings is 1. The van der Waals surface area contributed by atoms with Crippen LogP contribution >= 0.6 is 0 Å². The van der Waals surface area contributed by atoms with E-state index < -0.39 is 0 Å². The van der Waals surface area contributed by atoms with Crippen LogP contribution in [0.25, 0.3) is 0 Å². The van der Waals surface area contributed by atoms with Crippen molar-refractivity contribution in [3.63, 3.8) is 0 Å². The minimum atomic E-state index is 0.404. The van der Waals surface area contributed by atoms with E-state index in [9.17, 15) is 0 Å². The zero-order valence-electron chi connectivity index (χ0n) is 11.6. The standard InChI is InChI=1S/C13H19N5O/c1-8-9(2)19-13(15-8)6-14-11-4-5-12-16-10(3)17-18(12)7-11/h11,14H,4-7H2,1-3H3. The van der Waals surface area contributed by atoms with Crippen molar-refractivity contribution >= 4 is 0 Å². The minimum Gasteiger partial charge on any atom is -0.444 e. The van der Waals surface area contributed by atoms with Gasteiger partial charge in [0.05, 0.1) is 18.8 Å². The fourth-order valence-electron chi connectivity index (χ4n) is 2.45. The molecule has 1 N–H and O–H groups in total. The first-order chi connectivity index (χ1) is 9.11. The van der Waals surface area contributed by atoms with E-state index in [1.54, 1.807) is 0 Å². The summed E-state index contributed by atoms with van der Waals surface area (Å²) in [7, 11) is 0. The van der Waals surface area contributed by atoms with Crippen LogP contribution in [-0.2, 0) is 19.5 Å². The number of rotatable bonds is 3. The summed E-state index contributed by atoms with van der Waals surface area (Å²) < 4.78 is 7.57. The summed E-state index contributed by atoms with van der Waals surface area (Å²) in [4.78, 5) is 8.79. The smallest absolute Gasteiger partial charge is 0.208 e. The molecule has 1 aliphatic rings. The van der Waals surface area contributed by atoms with Crippen molar-refractivity contribution in [3.05, 3.63) is 29.0 Å². The van der Waals surface area contributed by atoms with Crippen molar-refractivity contribution in [3.8, 4) is 0 Å². The monoisotopic (exact) mass is 261 g/mol. The van der Waals surface area contributed by atoms with Crippen LogP contribution in [0.2, 0.25) is 0 Å². The summed E-state index contributed by atoms with van der Waals surface area (Å²) in [5.74, 6) is 3.61. The predicted molar refractivity (Wildman–Crippen MR) is 69.7 cm³/mol. The second-order valence-corrected chi connectivity index (χ2v) is 5.12. The molecule has 19 heavy (non-hydrogen) atoms. The molecule has 2 aromatic rings. The number of fused-ring (bicyclic) bond motifs is 1. The maximum atomic E-state index is 5.57. The molecule has 1 unspecified atom stereocenters. The van der Waals surface area contributed by atoms with Crippen molar-refractivity contribution in [2.24, 2.45) is 0 Å². The van der Waals surface area contributed by atoms with Gasteiger partial charge in [0.25, 0.3) is 0 Å². The van der Waals surface area contributed by atoms with Crippen LogP contribution < -0.4 is 5.32 Å². The van der Waals surface area contributed by atoms with Gasteiger partial charge in [-0.25, -0.2) is 14.6 Å². The minimum absolute atomic E-state index is 0.404. The molecule has 6 nitrogen and oxygen atoms in total. The van der Waals surface area contributed by atoms with Crippen LogP contribution in [0.15, 0.2) is 4.42 Å². The van der Waals surface area contributed by atoms with Crippen molar-refractivity contribution in [2.75, 3.05) is 0 Å². The Morgan fingerprint density at radius 2 is 2.16 bits per heavy atom. The SMILES string of the molecule is Cc1nc2n(n1)CC(NCc1nc(C)c(C)o1)CC2. The Morgan fingerprint density at radius 3 is 2.89 bits per heavy atom. The lowest BCUT2D eigenvalue weighted by Gasteiger charge is -2.22. The van der Waals surface area contributed by atoms with E-state index in [0.29, 0.717) is 12.6 Å². The summed E-state index contributed by atoms with van der Waals surface area (Å²) in [5, 5.41) is 7.88. The Morgan fingerprint density at radius 1 is 1.32 bits per heavy atom. The van der Waals surface area contributed by atoms with Crippen molar-refractivity contribution in [1.29, 1.82) is 0 Å². The Bertz CT molecular complexity index is 566. The highest BCUT2D eigenvalue weighted by molar-refractivity contribution is 5.05. The second kappa shape index (κ2) is 4.77. The Hall–Kier alpha value is -1.69. The van der Waals surface area contributed by atoms with E-state index in [1.807, 2.05) is 25.5 Å². The predicted octanol–water partition coefficient (Wildman–Crippen LogP) is 1.30.